The summed E-state index contributed by atoms with van der Waals surface area (Å²) in [5.41, 5.74) is 1.43. The molecule has 1 rings (SSSR count). The van der Waals surface area contributed by atoms with Crippen LogP contribution in [0.5, 0.6) is 0 Å². The second-order valence-corrected chi connectivity index (χ2v) is 5.49. The second kappa shape index (κ2) is 5.42. The standard InChI is InChI=1S/C13H23N3O2/c1-9(2)11-10(7-16(5)15-11)14-8-13(3,4)12(17)18-6/h7,9,14H,8H2,1-6H3. The minimum absolute atomic E-state index is 0.218. The molecule has 0 spiro atoms. The van der Waals surface area contributed by atoms with Gasteiger partial charge in [-0.15, -0.1) is 0 Å². The van der Waals surface area contributed by atoms with Gasteiger partial charge in [0.1, 0.15) is 0 Å². The van der Waals surface area contributed by atoms with Crippen molar-refractivity contribution >= 4 is 11.7 Å². The highest BCUT2D eigenvalue weighted by Gasteiger charge is 2.29. The van der Waals surface area contributed by atoms with E-state index in [0.29, 0.717) is 12.5 Å². The van der Waals surface area contributed by atoms with Crippen LogP contribution in [0.2, 0.25) is 0 Å². The molecule has 0 aliphatic heterocycles. The predicted molar refractivity (Wildman–Crippen MR) is 71.6 cm³/mol. The fraction of sp³-hybridized carbons (Fsp3) is 0.692. The average molecular weight is 253 g/mol. The quantitative estimate of drug-likeness (QED) is 0.817. The van der Waals surface area contributed by atoms with E-state index >= 15 is 0 Å². The zero-order valence-electron chi connectivity index (χ0n) is 12.1. The summed E-state index contributed by atoms with van der Waals surface area (Å²) in [6, 6.07) is 0. The van der Waals surface area contributed by atoms with E-state index in [2.05, 4.69) is 24.3 Å². The van der Waals surface area contributed by atoms with Gasteiger partial charge in [-0.05, 0) is 19.8 Å². The maximum absolute atomic E-state index is 11.6. The molecule has 5 heteroatoms. The van der Waals surface area contributed by atoms with Crippen molar-refractivity contribution in [1.29, 1.82) is 0 Å². The van der Waals surface area contributed by atoms with E-state index in [1.165, 1.54) is 7.11 Å². The van der Waals surface area contributed by atoms with Crippen LogP contribution in [0.15, 0.2) is 6.20 Å². The highest BCUT2D eigenvalue weighted by Crippen LogP contribution is 2.24. The van der Waals surface area contributed by atoms with E-state index in [1.807, 2.05) is 27.1 Å². The molecule has 0 radical (unpaired) electrons. The molecule has 0 saturated heterocycles. The summed E-state index contributed by atoms with van der Waals surface area (Å²) in [4.78, 5) is 11.6. The van der Waals surface area contributed by atoms with E-state index in [0.717, 1.165) is 11.4 Å². The molecule has 18 heavy (non-hydrogen) atoms. The summed E-state index contributed by atoms with van der Waals surface area (Å²) in [7, 11) is 3.30. The monoisotopic (exact) mass is 253 g/mol. The lowest BCUT2D eigenvalue weighted by atomic mass is 9.93. The average Bonchev–Trinajstić information content (AvgIpc) is 2.67. The lowest BCUT2D eigenvalue weighted by Crippen LogP contribution is -2.33. The zero-order chi connectivity index (χ0) is 13.9. The predicted octanol–water partition coefficient (Wildman–Crippen LogP) is 2.15. The number of nitrogens with one attached hydrogen (secondary N) is 1. The van der Waals surface area contributed by atoms with Gasteiger partial charge in [-0.1, -0.05) is 13.8 Å². The van der Waals surface area contributed by atoms with Crippen LogP contribution >= 0.6 is 0 Å². The number of aromatic nitrogens is 2. The Morgan fingerprint density at radius 1 is 1.56 bits per heavy atom. The number of carbonyl (C=O) groups excluding carboxylic acids is 1. The fourth-order valence-corrected chi connectivity index (χ4v) is 1.73. The van der Waals surface area contributed by atoms with Crippen LogP contribution < -0.4 is 5.32 Å². The SMILES string of the molecule is COC(=O)C(C)(C)CNc1cn(C)nc1C(C)C. The van der Waals surface area contributed by atoms with Gasteiger partial charge in [0.2, 0.25) is 0 Å². The van der Waals surface area contributed by atoms with Gasteiger partial charge in [-0.2, -0.15) is 5.10 Å². The molecule has 102 valence electrons. The van der Waals surface area contributed by atoms with Crippen molar-refractivity contribution in [2.45, 2.75) is 33.6 Å². The number of carbonyl (C=O) groups is 1. The van der Waals surface area contributed by atoms with Crippen LogP contribution in [0.3, 0.4) is 0 Å². The van der Waals surface area contributed by atoms with E-state index < -0.39 is 5.41 Å². The molecule has 1 aromatic rings. The number of hydrogen-bond acceptors (Lipinski definition) is 4. The van der Waals surface area contributed by atoms with Crippen molar-refractivity contribution in [3.8, 4) is 0 Å². The first kappa shape index (κ1) is 14.5. The van der Waals surface area contributed by atoms with E-state index in [1.54, 1.807) is 4.68 Å². The fourth-order valence-electron chi connectivity index (χ4n) is 1.73. The topological polar surface area (TPSA) is 56.1 Å². The van der Waals surface area contributed by atoms with Crippen molar-refractivity contribution in [3.63, 3.8) is 0 Å². The Morgan fingerprint density at radius 3 is 2.67 bits per heavy atom. The normalized spacial score (nSPS) is 11.7. The zero-order valence-corrected chi connectivity index (χ0v) is 12.1. The molecule has 1 N–H and O–H groups in total. The van der Waals surface area contributed by atoms with Gasteiger partial charge in [0, 0.05) is 19.8 Å². The van der Waals surface area contributed by atoms with Crippen LogP contribution in [-0.4, -0.2) is 29.4 Å². The smallest absolute Gasteiger partial charge is 0.313 e. The van der Waals surface area contributed by atoms with E-state index in [4.69, 9.17) is 4.74 Å². The number of ether oxygens (including phenoxy) is 1. The van der Waals surface area contributed by atoms with Crippen LogP contribution in [0, 0.1) is 5.41 Å². The number of aryl methyl sites for hydroxylation is 1. The lowest BCUT2D eigenvalue weighted by Gasteiger charge is -2.22. The van der Waals surface area contributed by atoms with Crippen LogP contribution in [0.1, 0.15) is 39.3 Å². The van der Waals surface area contributed by atoms with Gasteiger partial charge in [-0.3, -0.25) is 9.48 Å². The molecule has 1 heterocycles. The van der Waals surface area contributed by atoms with Gasteiger partial charge in [-0.25, -0.2) is 0 Å². The van der Waals surface area contributed by atoms with Gasteiger partial charge >= 0.3 is 5.97 Å². The van der Waals surface area contributed by atoms with Crippen LogP contribution in [0.25, 0.3) is 0 Å². The Morgan fingerprint density at radius 2 is 2.17 bits per heavy atom. The molecule has 0 aliphatic carbocycles. The molecule has 0 aromatic carbocycles. The highest BCUT2D eigenvalue weighted by atomic mass is 16.5. The lowest BCUT2D eigenvalue weighted by molar-refractivity contribution is -0.149. The van der Waals surface area contributed by atoms with Crippen LogP contribution in [-0.2, 0) is 16.6 Å². The number of methoxy groups -OCH3 is 1. The molecule has 5 nitrogen and oxygen atoms in total. The molecule has 0 unspecified atom stereocenters. The third-order valence-electron chi connectivity index (χ3n) is 2.86. The van der Waals surface area contributed by atoms with Gasteiger partial charge in [0.05, 0.1) is 23.9 Å². The summed E-state index contributed by atoms with van der Waals surface area (Å²) in [5, 5.41) is 7.70. The highest BCUT2D eigenvalue weighted by molar-refractivity contribution is 5.76. The van der Waals surface area contributed by atoms with Crippen molar-refractivity contribution in [1.82, 2.24) is 9.78 Å². The second-order valence-electron chi connectivity index (χ2n) is 5.49. The molecular formula is C13H23N3O2. The number of esters is 1. The number of anilines is 1. The van der Waals surface area contributed by atoms with Crippen molar-refractivity contribution in [3.05, 3.63) is 11.9 Å². The van der Waals surface area contributed by atoms with Crippen molar-refractivity contribution in [2.75, 3.05) is 19.0 Å². The molecule has 0 atom stereocenters. The first-order valence-electron chi connectivity index (χ1n) is 6.13. The number of rotatable bonds is 5. The summed E-state index contributed by atoms with van der Waals surface area (Å²) in [6.45, 7) is 8.43. The Bertz CT molecular complexity index is 422. The first-order chi connectivity index (χ1) is 8.27. The molecule has 0 saturated carbocycles. The minimum atomic E-state index is -0.557. The van der Waals surface area contributed by atoms with E-state index in [9.17, 15) is 4.79 Å². The Hall–Kier alpha value is -1.52. The van der Waals surface area contributed by atoms with Crippen LogP contribution in [0.4, 0.5) is 5.69 Å². The molecule has 0 amide bonds. The summed E-state index contributed by atoms with van der Waals surface area (Å²) in [5.74, 6) is 0.125. The number of nitrogens with zero attached hydrogens (tertiary/aromatic N) is 2. The third-order valence-corrected chi connectivity index (χ3v) is 2.86. The maximum Gasteiger partial charge on any atom is 0.313 e. The molecule has 0 aliphatic rings. The van der Waals surface area contributed by atoms with Gasteiger partial charge < -0.3 is 10.1 Å². The Labute approximate surface area is 109 Å². The maximum atomic E-state index is 11.6. The molecule has 1 aromatic heterocycles. The first-order valence-corrected chi connectivity index (χ1v) is 6.13. The molecule has 0 fully saturated rings. The van der Waals surface area contributed by atoms with E-state index in [-0.39, 0.29) is 5.97 Å². The molecular weight excluding hydrogens is 230 g/mol. The Balaban J connectivity index is 2.77. The largest absolute Gasteiger partial charge is 0.469 e. The summed E-state index contributed by atoms with van der Waals surface area (Å²) < 4.78 is 6.57. The molecule has 0 bridgehead atoms. The van der Waals surface area contributed by atoms with Gasteiger partial charge in [0.15, 0.2) is 0 Å². The summed E-state index contributed by atoms with van der Waals surface area (Å²) in [6.07, 6.45) is 1.93. The minimum Gasteiger partial charge on any atom is -0.469 e. The van der Waals surface area contributed by atoms with Gasteiger partial charge in [0.25, 0.3) is 0 Å². The van der Waals surface area contributed by atoms with Crippen molar-refractivity contribution < 1.29 is 9.53 Å². The Kier molecular flexibility index (Phi) is 4.38. The third kappa shape index (κ3) is 3.24. The number of hydrogen-bond donors (Lipinski definition) is 1. The van der Waals surface area contributed by atoms with Crippen molar-refractivity contribution in [2.24, 2.45) is 12.5 Å². The summed E-state index contributed by atoms with van der Waals surface area (Å²) >= 11 is 0.